The van der Waals surface area contributed by atoms with E-state index < -0.39 is 0 Å². The number of thiazole rings is 1. The lowest BCUT2D eigenvalue weighted by Crippen LogP contribution is -2.16. The third kappa shape index (κ3) is 3.17. The molecule has 0 saturated heterocycles. The Morgan fingerprint density at radius 2 is 2.05 bits per heavy atom. The summed E-state index contributed by atoms with van der Waals surface area (Å²) in [6.07, 6.45) is 1.60. The predicted octanol–water partition coefficient (Wildman–Crippen LogP) is 3.29. The summed E-state index contributed by atoms with van der Waals surface area (Å²) >= 11 is 1.39. The number of hydrogen-bond acceptors (Lipinski definition) is 4. The second-order valence-corrected chi connectivity index (χ2v) is 5.27. The van der Waals surface area contributed by atoms with Gasteiger partial charge in [0, 0.05) is 13.6 Å². The smallest absolute Gasteiger partial charge is 0.186 e. The van der Waals surface area contributed by atoms with E-state index in [1.165, 1.54) is 23.5 Å². The molecular formula is C14H15FN2OS. The number of aryl methyl sites for hydroxylation is 1. The summed E-state index contributed by atoms with van der Waals surface area (Å²) in [6.45, 7) is 2.61. The van der Waals surface area contributed by atoms with Crippen LogP contribution in [0.4, 0.5) is 9.52 Å². The Labute approximate surface area is 115 Å². The van der Waals surface area contributed by atoms with Crippen molar-refractivity contribution in [2.45, 2.75) is 19.9 Å². The Hall–Kier alpha value is -1.75. The van der Waals surface area contributed by atoms with Crippen LogP contribution in [0.3, 0.4) is 0 Å². The van der Waals surface area contributed by atoms with E-state index in [0.717, 1.165) is 29.1 Å². The van der Waals surface area contributed by atoms with Crippen LogP contribution in [0.15, 0.2) is 24.3 Å². The largest absolute Gasteiger partial charge is 0.347 e. The molecule has 2 rings (SSSR count). The van der Waals surface area contributed by atoms with Crippen molar-refractivity contribution in [2.24, 2.45) is 0 Å². The first-order valence-electron chi connectivity index (χ1n) is 6.04. The lowest BCUT2D eigenvalue weighted by molar-refractivity contribution is 0.112. The number of rotatable bonds is 5. The van der Waals surface area contributed by atoms with Crippen molar-refractivity contribution in [1.29, 1.82) is 0 Å². The molecule has 0 amide bonds. The van der Waals surface area contributed by atoms with Gasteiger partial charge in [0.15, 0.2) is 11.4 Å². The molecule has 0 aliphatic heterocycles. The molecule has 0 radical (unpaired) electrons. The maximum atomic E-state index is 12.8. The molecule has 0 aliphatic carbocycles. The molecule has 1 heterocycles. The van der Waals surface area contributed by atoms with E-state index in [9.17, 15) is 9.18 Å². The van der Waals surface area contributed by atoms with Gasteiger partial charge in [-0.25, -0.2) is 9.37 Å². The van der Waals surface area contributed by atoms with Gasteiger partial charge in [-0.05, 0) is 24.1 Å². The van der Waals surface area contributed by atoms with Gasteiger partial charge in [-0.1, -0.05) is 30.4 Å². The van der Waals surface area contributed by atoms with Crippen LogP contribution in [0.2, 0.25) is 0 Å². The highest BCUT2D eigenvalue weighted by Gasteiger charge is 2.12. The summed E-state index contributed by atoms with van der Waals surface area (Å²) in [6, 6.07) is 6.39. The average molecular weight is 278 g/mol. The molecule has 0 spiro atoms. The Kier molecular flexibility index (Phi) is 4.27. The quantitative estimate of drug-likeness (QED) is 0.787. The van der Waals surface area contributed by atoms with E-state index in [4.69, 9.17) is 0 Å². The Morgan fingerprint density at radius 1 is 1.37 bits per heavy atom. The molecule has 0 N–H and O–H groups in total. The summed E-state index contributed by atoms with van der Waals surface area (Å²) < 4.78 is 12.8. The zero-order valence-electron chi connectivity index (χ0n) is 10.9. The van der Waals surface area contributed by atoms with E-state index in [2.05, 4.69) is 4.98 Å². The lowest BCUT2D eigenvalue weighted by Gasteiger charge is -2.15. The predicted molar refractivity (Wildman–Crippen MR) is 75.4 cm³/mol. The monoisotopic (exact) mass is 278 g/mol. The molecule has 5 heteroatoms. The number of anilines is 1. The van der Waals surface area contributed by atoms with E-state index in [1.54, 1.807) is 12.1 Å². The normalized spacial score (nSPS) is 10.5. The summed E-state index contributed by atoms with van der Waals surface area (Å²) in [5, 5.41) is 0.809. The van der Waals surface area contributed by atoms with Crippen molar-refractivity contribution in [3.8, 4) is 0 Å². The molecule has 1 aromatic carbocycles. The van der Waals surface area contributed by atoms with Gasteiger partial charge in [-0.15, -0.1) is 0 Å². The highest BCUT2D eigenvalue weighted by molar-refractivity contribution is 7.17. The first kappa shape index (κ1) is 13.7. The lowest BCUT2D eigenvalue weighted by atomic mass is 10.2. The minimum absolute atomic E-state index is 0.239. The maximum absolute atomic E-state index is 12.8. The molecule has 0 fully saturated rings. The molecular weight excluding hydrogens is 263 g/mol. The minimum Gasteiger partial charge on any atom is -0.347 e. The van der Waals surface area contributed by atoms with Crippen LogP contribution in [0.5, 0.6) is 0 Å². The first-order valence-corrected chi connectivity index (χ1v) is 6.86. The van der Waals surface area contributed by atoms with Gasteiger partial charge < -0.3 is 4.90 Å². The third-order valence-electron chi connectivity index (χ3n) is 2.82. The Bertz CT molecular complexity index is 565. The number of carbonyl (C=O) groups excluding carboxylic acids is 1. The van der Waals surface area contributed by atoms with Crippen LogP contribution in [-0.4, -0.2) is 18.3 Å². The fraction of sp³-hybridized carbons (Fsp3) is 0.286. The summed E-state index contributed by atoms with van der Waals surface area (Å²) in [5.41, 5.74) is 1.84. The molecule has 1 aromatic heterocycles. The maximum Gasteiger partial charge on any atom is 0.186 e. The molecule has 19 heavy (non-hydrogen) atoms. The van der Waals surface area contributed by atoms with Gasteiger partial charge in [0.05, 0.1) is 10.6 Å². The fourth-order valence-electron chi connectivity index (χ4n) is 1.79. The fourth-order valence-corrected chi connectivity index (χ4v) is 2.72. The highest BCUT2D eigenvalue weighted by Crippen LogP contribution is 2.25. The van der Waals surface area contributed by atoms with E-state index in [1.807, 2.05) is 18.9 Å². The molecule has 100 valence electrons. The first-order chi connectivity index (χ1) is 9.13. The second-order valence-electron chi connectivity index (χ2n) is 4.26. The van der Waals surface area contributed by atoms with E-state index in [-0.39, 0.29) is 5.82 Å². The van der Waals surface area contributed by atoms with Gasteiger partial charge in [-0.3, -0.25) is 4.79 Å². The molecule has 0 saturated carbocycles. The molecule has 0 unspecified atom stereocenters. The van der Waals surface area contributed by atoms with Crippen LogP contribution in [0, 0.1) is 5.82 Å². The number of nitrogens with zero attached hydrogens (tertiary/aromatic N) is 2. The van der Waals surface area contributed by atoms with E-state index in [0.29, 0.717) is 11.4 Å². The SMILES string of the molecule is CCc1nc(N(C)Cc2ccc(F)cc2)sc1C=O. The molecule has 0 aliphatic rings. The Morgan fingerprint density at radius 3 is 2.58 bits per heavy atom. The number of benzene rings is 1. The highest BCUT2D eigenvalue weighted by atomic mass is 32.1. The van der Waals surface area contributed by atoms with Crippen molar-refractivity contribution < 1.29 is 9.18 Å². The molecule has 3 nitrogen and oxygen atoms in total. The van der Waals surface area contributed by atoms with Gasteiger partial charge >= 0.3 is 0 Å². The average Bonchev–Trinajstić information content (AvgIpc) is 2.84. The minimum atomic E-state index is -0.239. The standard InChI is InChI=1S/C14H15FN2OS/c1-3-12-13(9-18)19-14(16-12)17(2)8-10-4-6-11(15)7-5-10/h4-7,9H,3,8H2,1-2H3. The van der Waals surface area contributed by atoms with Crippen molar-refractivity contribution >= 4 is 22.8 Å². The zero-order chi connectivity index (χ0) is 13.8. The third-order valence-corrected chi connectivity index (χ3v) is 3.96. The number of aldehydes is 1. The van der Waals surface area contributed by atoms with Crippen LogP contribution < -0.4 is 4.90 Å². The summed E-state index contributed by atoms with van der Waals surface area (Å²) in [4.78, 5) is 18.0. The van der Waals surface area contributed by atoms with Gasteiger partial charge in [0.2, 0.25) is 0 Å². The van der Waals surface area contributed by atoms with Gasteiger partial charge in [-0.2, -0.15) is 0 Å². The second kappa shape index (κ2) is 5.93. The van der Waals surface area contributed by atoms with Crippen molar-refractivity contribution in [3.63, 3.8) is 0 Å². The van der Waals surface area contributed by atoms with Crippen LogP contribution >= 0.6 is 11.3 Å². The van der Waals surface area contributed by atoms with Gasteiger partial charge in [0.25, 0.3) is 0 Å². The molecule has 2 aromatic rings. The number of carbonyl (C=O) groups is 1. The topological polar surface area (TPSA) is 33.2 Å². The van der Waals surface area contributed by atoms with Crippen molar-refractivity contribution in [3.05, 3.63) is 46.2 Å². The van der Waals surface area contributed by atoms with Crippen LogP contribution in [-0.2, 0) is 13.0 Å². The van der Waals surface area contributed by atoms with Crippen molar-refractivity contribution in [1.82, 2.24) is 4.98 Å². The number of aromatic nitrogens is 1. The number of hydrogen-bond donors (Lipinski definition) is 0. The van der Waals surface area contributed by atoms with Crippen molar-refractivity contribution in [2.75, 3.05) is 11.9 Å². The summed E-state index contributed by atoms with van der Waals surface area (Å²) in [7, 11) is 1.91. The van der Waals surface area contributed by atoms with Crippen LogP contribution in [0.1, 0.15) is 27.9 Å². The number of halogens is 1. The van der Waals surface area contributed by atoms with E-state index >= 15 is 0 Å². The zero-order valence-corrected chi connectivity index (χ0v) is 11.7. The van der Waals surface area contributed by atoms with Gasteiger partial charge in [0.1, 0.15) is 5.82 Å². The van der Waals surface area contributed by atoms with Crippen LogP contribution in [0.25, 0.3) is 0 Å². The Balaban J connectivity index is 2.15. The molecule has 0 bridgehead atoms. The molecule has 0 atom stereocenters. The summed E-state index contributed by atoms with van der Waals surface area (Å²) in [5.74, 6) is -0.239.